The molecule has 1 saturated heterocycles. The Labute approximate surface area is 91.3 Å². The van der Waals surface area contributed by atoms with Crippen LogP contribution in [0.5, 0.6) is 5.75 Å². The Morgan fingerprint density at radius 1 is 1.29 bits per heavy atom. The molecule has 14 heavy (non-hydrogen) atoms. The second-order valence-electron chi connectivity index (χ2n) is 3.31. The average Bonchev–Trinajstić information content (AvgIpc) is 2.56. The van der Waals surface area contributed by atoms with Crippen LogP contribution in [0.4, 0.5) is 0 Å². The largest absolute Gasteiger partial charge is 0.486 e. The summed E-state index contributed by atoms with van der Waals surface area (Å²) in [5.41, 5.74) is 5.80. The van der Waals surface area contributed by atoms with Gasteiger partial charge in [0, 0.05) is 4.47 Å². The Morgan fingerprint density at radius 2 is 2.00 bits per heavy atom. The normalized spacial score (nSPS) is 26.4. The first-order valence-electron chi connectivity index (χ1n) is 4.51. The molecule has 3 nitrogen and oxygen atoms in total. The van der Waals surface area contributed by atoms with E-state index in [1.54, 1.807) is 0 Å². The summed E-state index contributed by atoms with van der Waals surface area (Å²) in [5, 5.41) is 0. The van der Waals surface area contributed by atoms with Crippen LogP contribution in [0.25, 0.3) is 0 Å². The van der Waals surface area contributed by atoms with Crippen LogP contribution < -0.4 is 10.5 Å². The Balaban J connectivity index is 2.00. The zero-order chi connectivity index (χ0) is 9.97. The summed E-state index contributed by atoms with van der Waals surface area (Å²) in [6, 6.07) is 7.69. The van der Waals surface area contributed by atoms with Gasteiger partial charge in [0.1, 0.15) is 11.9 Å². The average molecular weight is 258 g/mol. The van der Waals surface area contributed by atoms with Gasteiger partial charge in [-0.15, -0.1) is 0 Å². The smallest absolute Gasteiger partial charge is 0.139 e. The minimum absolute atomic E-state index is 0.0151. The molecule has 1 aromatic carbocycles. The van der Waals surface area contributed by atoms with E-state index < -0.39 is 0 Å². The Hall–Kier alpha value is -0.580. The lowest BCUT2D eigenvalue weighted by Gasteiger charge is -2.15. The van der Waals surface area contributed by atoms with Crippen LogP contribution in [0, 0.1) is 0 Å². The highest BCUT2D eigenvalue weighted by atomic mass is 79.9. The van der Waals surface area contributed by atoms with Crippen molar-refractivity contribution in [2.45, 2.75) is 12.1 Å². The molecule has 0 bridgehead atoms. The van der Waals surface area contributed by atoms with Crippen LogP contribution in [-0.4, -0.2) is 25.4 Å². The second-order valence-corrected chi connectivity index (χ2v) is 4.23. The van der Waals surface area contributed by atoms with Crippen molar-refractivity contribution < 1.29 is 9.47 Å². The number of nitrogens with two attached hydrogens (primary N) is 1. The summed E-state index contributed by atoms with van der Waals surface area (Å²) in [6.45, 7) is 1.17. The summed E-state index contributed by atoms with van der Waals surface area (Å²) in [6.07, 6.45) is -0.0174. The topological polar surface area (TPSA) is 44.5 Å². The van der Waals surface area contributed by atoms with E-state index >= 15 is 0 Å². The quantitative estimate of drug-likeness (QED) is 0.875. The van der Waals surface area contributed by atoms with Gasteiger partial charge in [-0.2, -0.15) is 0 Å². The van der Waals surface area contributed by atoms with Gasteiger partial charge in [-0.1, -0.05) is 15.9 Å². The monoisotopic (exact) mass is 257 g/mol. The van der Waals surface area contributed by atoms with Gasteiger partial charge < -0.3 is 15.2 Å². The van der Waals surface area contributed by atoms with Crippen LogP contribution >= 0.6 is 15.9 Å². The Kier molecular flexibility index (Phi) is 3.05. The van der Waals surface area contributed by atoms with E-state index in [-0.39, 0.29) is 12.1 Å². The van der Waals surface area contributed by atoms with Crippen molar-refractivity contribution in [2.24, 2.45) is 5.73 Å². The van der Waals surface area contributed by atoms with E-state index in [2.05, 4.69) is 15.9 Å². The molecule has 76 valence electrons. The van der Waals surface area contributed by atoms with Gasteiger partial charge in [0.15, 0.2) is 0 Å². The molecule has 1 aromatic rings. The predicted molar refractivity (Wildman–Crippen MR) is 57.4 cm³/mol. The van der Waals surface area contributed by atoms with Gasteiger partial charge in [0.2, 0.25) is 0 Å². The van der Waals surface area contributed by atoms with Crippen molar-refractivity contribution in [3.63, 3.8) is 0 Å². The van der Waals surface area contributed by atoms with E-state index in [1.165, 1.54) is 0 Å². The van der Waals surface area contributed by atoms with Crippen molar-refractivity contribution in [1.82, 2.24) is 0 Å². The molecular formula is C10H12BrNO2. The van der Waals surface area contributed by atoms with E-state index in [9.17, 15) is 0 Å². The van der Waals surface area contributed by atoms with Gasteiger partial charge in [-0.25, -0.2) is 0 Å². The lowest BCUT2D eigenvalue weighted by atomic mass is 10.2. The molecule has 1 fully saturated rings. The second kappa shape index (κ2) is 4.29. The predicted octanol–water partition coefficient (Wildman–Crippen LogP) is 1.55. The lowest BCUT2D eigenvalue weighted by Crippen LogP contribution is -2.37. The van der Waals surface area contributed by atoms with Crippen molar-refractivity contribution in [3.8, 4) is 5.75 Å². The summed E-state index contributed by atoms with van der Waals surface area (Å²) < 4.78 is 11.9. The van der Waals surface area contributed by atoms with Crippen molar-refractivity contribution in [2.75, 3.05) is 13.2 Å². The highest BCUT2D eigenvalue weighted by Crippen LogP contribution is 2.19. The van der Waals surface area contributed by atoms with Crippen LogP contribution in [0.15, 0.2) is 28.7 Å². The molecule has 1 aliphatic rings. The molecule has 2 atom stereocenters. The first kappa shape index (κ1) is 9.96. The summed E-state index contributed by atoms with van der Waals surface area (Å²) in [7, 11) is 0. The molecule has 0 unspecified atom stereocenters. The molecular weight excluding hydrogens is 246 g/mol. The minimum Gasteiger partial charge on any atom is -0.486 e. The molecule has 0 radical (unpaired) electrons. The Bertz CT molecular complexity index is 301. The van der Waals surface area contributed by atoms with E-state index in [0.29, 0.717) is 13.2 Å². The SMILES string of the molecule is N[C@@H]1COC[C@@H]1Oc1ccc(Br)cc1. The maximum atomic E-state index is 5.80. The first-order chi connectivity index (χ1) is 6.75. The van der Waals surface area contributed by atoms with Crippen molar-refractivity contribution in [1.29, 1.82) is 0 Å². The lowest BCUT2D eigenvalue weighted by molar-refractivity contribution is 0.140. The fraction of sp³-hybridized carbons (Fsp3) is 0.400. The zero-order valence-electron chi connectivity index (χ0n) is 7.65. The molecule has 0 aromatic heterocycles. The minimum atomic E-state index is -0.0174. The van der Waals surface area contributed by atoms with Crippen molar-refractivity contribution >= 4 is 15.9 Å². The maximum Gasteiger partial charge on any atom is 0.139 e. The fourth-order valence-electron chi connectivity index (χ4n) is 1.36. The first-order valence-corrected chi connectivity index (χ1v) is 5.30. The van der Waals surface area contributed by atoms with Crippen molar-refractivity contribution in [3.05, 3.63) is 28.7 Å². The van der Waals surface area contributed by atoms with E-state index in [1.807, 2.05) is 24.3 Å². The Morgan fingerprint density at radius 3 is 2.57 bits per heavy atom. The molecule has 0 spiro atoms. The van der Waals surface area contributed by atoms with Gasteiger partial charge in [-0.3, -0.25) is 0 Å². The molecule has 1 aliphatic heterocycles. The maximum absolute atomic E-state index is 5.80. The van der Waals surface area contributed by atoms with Gasteiger partial charge >= 0.3 is 0 Å². The van der Waals surface area contributed by atoms with Crippen LogP contribution in [0.1, 0.15) is 0 Å². The number of hydrogen-bond donors (Lipinski definition) is 1. The third kappa shape index (κ3) is 2.26. The van der Waals surface area contributed by atoms with Gasteiger partial charge in [0.25, 0.3) is 0 Å². The third-order valence-corrected chi connectivity index (χ3v) is 2.70. The summed E-state index contributed by atoms with van der Waals surface area (Å²) in [5.74, 6) is 0.833. The molecule has 0 amide bonds. The van der Waals surface area contributed by atoms with Gasteiger partial charge in [-0.05, 0) is 24.3 Å². The molecule has 2 N–H and O–H groups in total. The van der Waals surface area contributed by atoms with E-state index in [0.717, 1.165) is 10.2 Å². The number of halogens is 1. The van der Waals surface area contributed by atoms with Crippen LogP contribution in [0.3, 0.4) is 0 Å². The zero-order valence-corrected chi connectivity index (χ0v) is 9.24. The number of hydrogen-bond acceptors (Lipinski definition) is 3. The number of benzene rings is 1. The van der Waals surface area contributed by atoms with Crippen LogP contribution in [-0.2, 0) is 4.74 Å². The summed E-state index contributed by atoms with van der Waals surface area (Å²) in [4.78, 5) is 0. The molecule has 2 rings (SSSR count). The fourth-order valence-corrected chi connectivity index (χ4v) is 1.62. The van der Waals surface area contributed by atoms with Gasteiger partial charge in [0.05, 0.1) is 19.3 Å². The highest BCUT2D eigenvalue weighted by Gasteiger charge is 2.26. The third-order valence-electron chi connectivity index (χ3n) is 2.17. The van der Waals surface area contributed by atoms with Crippen LogP contribution in [0.2, 0.25) is 0 Å². The standard InChI is InChI=1S/C10H12BrNO2/c11-7-1-3-8(4-2-7)14-10-6-13-5-9(10)12/h1-4,9-10H,5-6,12H2/t9-,10+/m1/s1. The molecule has 4 heteroatoms. The molecule has 0 aliphatic carbocycles. The number of ether oxygens (including phenoxy) is 2. The number of rotatable bonds is 2. The molecule has 0 saturated carbocycles. The van der Waals surface area contributed by atoms with E-state index in [4.69, 9.17) is 15.2 Å². The highest BCUT2D eigenvalue weighted by molar-refractivity contribution is 9.10. The molecule has 1 heterocycles. The summed E-state index contributed by atoms with van der Waals surface area (Å²) >= 11 is 3.37.